The third kappa shape index (κ3) is 3.38. The summed E-state index contributed by atoms with van der Waals surface area (Å²) >= 11 is 0. The van der Waals surface area contributed by atoms with Crippen LogP contribution < -0.4 is 5.32 Å². The van der Waals surface area contributed by atoms with E-state index in [1.807, 2.05) is 0 Å². The molecule has 0 bridgehead atoms. The molecular formula is C14H12FNO4S. The second-order valence-electron chi connectivity index (χ2n) is 4.39. The first kappa shape index (κ1) is 15.0. The van der Waals surface area contributed by atoms with E-state index in [0.29, 0.717) is 5.56 Å². The monoisotopic (exact) mass is 309 g/mol. The zero-order valence-corrected chi connectivity index (χ0v) is 11.8. The molecule has 5 nitrogen and oxygen atoms in total. The molecule has 2 aromatic carbocycles. The van der Waals surface area contributed by atoms with Crippen LogP contribution in [0.5, 0.6) is 5.75 Å². The van der Waals surface area contributed by atoms with E-state index in [-0.39, 0.29) is 17.0 Å². The number of phenols is 1. The number of benzene rings is 2. The maximum Gasteiger partial charge on any atom is 0.334 e. The summed E-state index contributed by atoms with van der Waals surface area (Å²) in [6.07, 6.45) is 0. The molecule has 0 unspecified atom stereocenters. The first-order chi connectivity index (χ1) is 9.79. The second kappa shape index (κ2) is 5.53. The Balaban J connectivity index is 2.34. The highest BCUT2D eigenvalue weighted by Crippen LogP contribution is 2.24. The van der Waals surface area contributed by atoms with Crippen molar-refractivity contribution in [2.75, 3.05) is 5.32 Å². The Morgan fingerprint density at radius 2 is 1.86 bits per heavy atom. The molecule has 0 aliphatic carbocycles. The van der Waals surface area contributed by atoms with Gasteiger partial charge in [-0.05, 0) is 36.8 Å². The van der Waals surface area contributed by atoms with E-state index in [9.17, 15) is 22.2 Å². The van der Waals surface area contributed by atoms with Gasteiger partial charge in [0.05, 0.1) is 5.69 Å². The van der Waals surface area contributed by atoms with E-state index in [1.165, 1.54) is 30.3 Å². The van der Waals surface area contributed by atoms with Crippen LogP contribution in [0.4, 0.5) is 9.57 Å². The number of rotatable bonds is 3. The van der Waals surface area contributed by atoms with Crippen LogP contribution in [-0.4, -0.2) is 19.4 Å². The highest BCUT2D eigenvalue weighted by atomic mass is 32.3. The van der Waals surface area contributed by atoms with Crippen LogP contribution in [0.2, 0.25) is 0 Å². The third-order valence-corrected chi connectivity index (χ3v) is 3.75. The largest absolute Gasteiger partial charge is 0.508 e. The van der Waals surface area contributed by atoms with Gasteiger partial charge >= 0.3 is 10.2 Å². The average Bonchev–Trinajstić information content (AvgIpc) is 2.41. The van der Waals surface area contributed by atoms with Crippen LogP contribution >= 0.6 is 0 Å². The lowest BCUT2D eigenvalue weighted by Gasteiger charge is -2.09. The molecule has 0 saturated heterocycles. The third-order valence-electron chi connectivity index (χ3n) is 2.87. The first-order valence-corrected chi connectivity index (χ1v) is 7.32. The molecule has 0 aliphatic rings. The van der Waals surface area contributed by atoms with E-state index in [2.05, 4.69) is 5.32 Å². The predicted molar refractivity (Wildman–Crippen MR) is 75.5 cm³/mol. The van der Waals surface area contributed by atoms with Crippen molar-refractivity contribution in [2.45, 2.75) is 11.8 Å². The van der Waals surface area contributed by atoms with E-state index in [4.69, 9.17) is 0 Å². The van der Waals surface area contributed by atoms with Gasteiger partial charge < -0.3 is 10.4 Å². The van der Waals surface area contributed by atoms with Crippen LogP contribution in [0.15, 0.2) is 47.4 Å². The lowest BCUT2D eigenvalue weighted by Crippen LogP contribution is -2.14. The first-order valence-electron chi connectivity index (χ1n) is 5.93. The normalized spacial score (nSPS) is 11.1. The molecule has 2 rings (SSSR count). The van der Waals surface area contributed by atoms with Gasteiger partial charge in [-0.3, -0.25) is 4.79 Å². The van der Waals surface area contributed by atoms with Gasteiger partial charge in [-0.1, -0.05) is 18.2 Å². The summed E-state index contributed by atoms with van der Waals surface area (Å²) in [6, 6.07) is 9.41. The summed E-state index contributed by atoms with van der Waals surface area (Å²) in [5.41, 5.74) is 0.563. The zero-order valence-electron chi connectivity index (χ0n) is 11.0. The molecule has 0 atom stereocenters. The van der Waals surface area contributed by atoms with Gasteiger partial charge in [-0.15, -0.1) is 3.89 Å². The minimum absolute atomic E-state index is 0.0611. The Morgan fingerprint density at radius 3 is 2.48 bits per heavy atom. The Labute approximate surface area is 121 Å². The molecule has 110 valence electrons. The van der Waals surface area contributed by atoms with Gasteiger partial charge in [-0.2, -0.15) is 8.42 Å². The standard InChI is InChI=1S/C14H12FNO4S/c1-9-6-7-10(8-12(9)17)14(18)16-11-4-2-3-5-13(11)21(15,19)20/h2-8,17H,1H3,(H,16,18). The number of anilines is 1. The van der Waals surface area contributed by atoms with Crippen molar-refractivity contribution in [2.24, 2.45) is 0 Å². The summed E-state index contributed by atoms with van der Waals surface area (Å²) in [6.45, 7) is 1.67. The second-order valence-corrected chi connectivity index (χ2v) is 5.70. The highest BCUT2D eigenvalue weighted by Gasteiger charge is 2.18. The predicted octanol–water partition coefficient (Wildman–Crippen LogP) is 2.61. The number of hydrogen-bond acceptors (Lipinski definition) is 4. The maximum atomic E-state index is 13.1. The van der Waals surface area contributed by atoms with Crippen LogP contribution in [0.25, 0.3) is 0 Å². The Hall–Kier alpha value is -2.41. The van der Waals surface area contributed by atoms with Crippen molar-refractivity contribution < 1.29 is 22.2 Å². The number of carbonyl (C=O) groups is 1. The van der Waals surface area contributed by atoms with Crippen LogP contribution in [0, 0.1) is 6.92 Å². The Morgan fingerprint density at radius 1 is 1.19 bits per heavy atom. The molecule has 0 aromatic heterocycles. The van der Waals surface area contributed by atoms with E-state index in [1.54, 1.807) is 13.0 Å². The van der Waals surface area contributed by atoms with Crippen molar-refractivity contribution in [3.8, 4) is 5.75 Å². The molecule has 1 amide bonds. The van der Waals surface area contributed by atoms with Crippen molar-refractivity contribution >= 4 is 21.8 Å². The lowest BCUT2D eigenvalue weighted by atomic mass is 10.1. The van der Waals surface area contributed by atoms with E-state index in [0.717, 1.165) is 6.07 Å². The molecule has 0 radical (unpaired) electrons. The minimum atomic E-state index is -4.94. The van der Waals surface area contributed by atoms with Crippen molar-refractivity contribution in [3.63, 3.8) is 0 Å². The van der Waals surface area contributed by atoms with Crippen molar-refractivity contribution in [3.05, 3.63) is 53.6 Å². The van der Waals surface area contributed by atoms with E-state index >= 15 is 0 Å². The zero-order chi connectivity index (χ0) is 15.6. The smallest absolute Gasteiger partial charge is 0.334 e. The molecular weight excluding hydrogens is 297 g/mol. The molecule has 0 spiro atoms. The maximum absolute atomic E-state index is 13.1. The summed E-state index contributed by atoms with van der Waals surface area (Å²) in [7, 11) is -4.94. The van der Waals surface area contributed by atoms with Crippen molar-refractivity contribution in [1.29, 1.82) is 0 Å². The van der Waals surface area contributed by atoms with Crippen LogP contribution in [-0.2, 0) is 10.2 Å². The fourth-order valence-electron chi connectivity index (χ4n) is 1.73. The Kier molecular flexibility index (Phi) is 3.95. The van der Waals surface area contributed by atoms with Crippen LogP contribution in [0.1, 0.15) is 15.9 Å². The summed E-state index contributed by atoms with van der Waals surface area (Å²) < 4.78 is 35.2. The number of aryl methyl sites for hydroxylation is 1. The number of halogens is 1. The summed E-state index contributed by atoms with van der Waals surface area (Å²) in [4.78, 5) is 11.4. The quantitative estimate of drug-likeness (QED) is 0.854. The molecule has 2 aromatic rings. The number of aromatic hydroxyl groups is 1. The Bertz CT molecular complexity index is 802. The fourth-order valence-corrected chi connectivity index (χ4v) is 2.35. The number of phenolic OH excluding ortho intramolecular Hbond substituents is 1. The van der Waals surface area contributed by atoms with Gasteiger partial charge in [0.2, 0.25) is 0 Å². The minimum Gasteiger partial charge on any atom is -0.508 e. The molecule has 0 heterocycles. The number of para-hydroxylation sites is 1. The number of nitrogens with one attached hydrogen (secondary N) is 1. The molecule has 7 heteroatoms. The molecule has 0 fully saturated rings. The summed E-state index contributed by atoms with van der Waals surface area (Å²) in [5, 5.41) is 11.9. The molecule has 21 heavy (non-hydrogen) atoms. The average molecular weight is 309 g/mol. The van der Waals surface area contributed by atoms with E-state index < -0.39 is 21.0 Å². The molecule has 2 N–H and O–H groups in total. The molecule has 0 aliphatic heterocycles. The highest BCUT2D eigenvalue weighted by molar-refractivity contribution is 7.86. The fraction of sp³-hybridized carbons (Fsp3) is 0.0714. The lowest BCUT2D eigenvalue weighted by molar-refractivity contribution is 0.102. The van der Waals surface area contributed by atoms with Gasteiger partial charge in [0.1, 0.15) is 10.6 Å². The summed E-state index contributed by atoms with van der Waals surface area (Å²) in [5.74, 6) is -0.713. The van der Waals surface area contributed by atoms with Crippen LogP contribution in [0.3, 0.4) is 0 Å². The molecule has 0 saturated carbocycles. The van der Waals surface area contributed by atoms with Gasteiger partial charge in [-0.25, -0.2) is 0 Å². The number of amides is 1. The number of carbonyl (C=O) groups excluding carboxylic acids is 1. The van der Waals surface area contributed by atoms with Gasteiger partial charge in [0.25, 0.3) is 5.91 Å². The van der Waals surface area contributed by atoms with Gasteiger partial charge in [0.15, 0.2) is 0 Å². The van der Waals surface area contributed by atoms with Crippen molar-refractivity contribution in [1.82, 2.24) is 0 Å². The van der Waals surface area contributed by atoms with Gasteiger partial charge in [0, 0.05) is 5.56 Å². The SMILES string of the molecule is Cc1ccc(C(=O)Nc2ccccc2S(=O)(=O)F)cc1O. The number of hydrogen-bond donors (Lipinski definition) is 2. The topological polar surface area (TPSA) is 83.5 Å².